The van der Waals surface area contributed by atoms with Crippen LogP contribution in [0.25, 0.3) is 0 Å². The van der Waals surface area contributed by atoms with E-state index in [0.29, 0.717) is 36.0 Å². The predicted molar refractivity (Wildman–Crippen MR) is 154 cm³/mol. The topological polar surface area (TPSA) is 134 Å². The monoisotopic (exact) mass is 602 g/mol. The highest BCUT2D eigenvalue weighted by atomic mass is 31.2. The highest BCUT2D eigenvalue weighted by Gasteiger charge is 2.71. The van der Waals surface area contributed by atoms with Crippen molar-refractivity contribution in [2.75, 3.05) is 6.61 Å². The fourth-order valence-electron chi connectivity index (χ4n) is 12.1. The molecule has 0 aromatic heterocycles. The molecule has 0 aromatic rings. The fourth-order valence-corrected chi connectivity index (χ4v) is 13.2. The van der Waals surface area contributed by atoms with Crippen LogP contribution in [0, 0.1) is 56.7 Å². The average Bonchev–Trinajstić information content (AvgIpc) is 3.19. The van der Waals surface area contributed by atoms with E-state index < -0.39 is 21.7 Å². The summed E-state index contributed by atoms with van der Waals surface area (Å²) in [6.45, 7) is 18.4. The van der Waals surface area contributed by atoms with Gasteiger partial charge in [0.15, 0.2) is 0 Å². The van der Waals surface area contributed by atoms with Crippen molar-refractivity contribution in [2.45, 2.75) is 112 Å². The summed E-state index contributed by atoms with van der Waals surface area (Å²) in [5, 5.41) is 0. The smallest absolute Gasteiger partial charge is 0.303 e. The molecule has 5 fully saturated rings. The lowest BCUT2D eigenvalue weighted by Crippen LogP contribution is -2.67. The van der Waals surface area contributed by atoms with Crippen molar-refractivity contribution in [3.63, 3.8) is 0 Å². The fraction of sp³-hybridized carbons (Fsp3) is 0.933. The van der Waals surface area contributed by atoms with Crippen molar-refractivity contribution in [2.24, 2.45) is 56.7 Å². The Labute approximate surface area is 240 Å². The maximum absolute atomic E-state index is 11.8. The van der Waals surface area contributed by atoms with Gasteiger partial charge in [0, 0.05) is 0 Å². The SMILES string of the molecule is C=C(C)C1CCC2(COP(=O)(O)O)CC[C@@]3(C)C(CCC4[C@@]5(C)CCC(OP(=O)(O)O)C(C)(C)C5CC[C@]43C)C12. The van der Waals surface area contributed by atoms with Gasteiger partial charge in [-0.25, -0.2) is 9.13 Å². The minimum Gasteiger partial charge on any atom is -0.303 e. The van der Waals surface area contributed by atoms with Gasteiger partial charge in [0.2, 0.25) is 0 Å². The van der Waals surface area contributed by atoms with Gasteiger partial charge in [-0.2, -0.15) is 0 Å². The molecule has 10 heteroatoms. The molecule has 0 amide bonds. The van der Waals surface area contributed by atoms with Crippen LogP contribution in [0.4, 0.5) is 0 Å². The Kier molecular flexibility index (Phi) is 7.63. The predicted octanol–water partition coefficient (Wildman–Crippen LogP) is 7.23. The van der Waals surface area contributed by atoms with Crippen LogP contribution in [0.2, 0.25) is 0 Å². The molecule has 0 bridgehead atoms. The van der Waals surface area contributed by atoms with Crippen molar-refractivity contribution in [3.8, 4) is 0 Å². The largest absolute Gasteiger partial charge is 0.469 e. The Balaban J connectivity index is 1.49. The summed E-state index contributed by atoms with van der Waals surface area (Å²) < 4.78 is 34.3. The molecule has 5 aliphatic rings. The second-order valence-electron chi connectivity index (χ2n) is 15.8. The lowest BCUT2D eigenvalue weighted by molar-refractivity contribution is -0.248. The maximum atomic E-state index is 11.8. The number of phosphoric ester groups is 2. The highest BCUT2D eigenvalue weighted by molar-refractivity contribution is 7.46. The van der Waals surface area contributed by atoms with Crippen LogP contribution < -0.4 is 0 Å². The summed E-state index contributed by atoms with van der Waals surface area (Å²) in [7, 11) is -9.13. The molecule has 0 saturated heterocycles. The number of allylic oxidation sites excluding steroid dienone is 1. The summed E-state index contributed by atoms with van der Waals surface area (Å²) in [4.78, 5) is 38.4. The molecular weight excluding hydrogens is 550 g/mol. The number of rotatable bonds is 6. The van der Waals surface area contributed by atoms with E-state index in [1.807, 2.05) is 0 Å². The third-order valence-corrected chi connectivity index (χ3v) is 15.0. The first-order valence-electron chi connectivity index (χ1n) is 15.3. The number of fused-ring (bicyclic) bond motifs is 7. The average molecular weight is 603 g/mol. The third kappa shape index (κ3) is 4.71. The van der Waals surface area contributed by atoms with Crippen molar-refractivity contribution in [3.05, 3.63) is 12.2 Å². The van der Waals surface area contributed by atoms with Crippen LogP contribution in [0.5, 0.6) is 0 Å². The summed E-state index contributed by atoms with van der Waals surface area (Å²) in [6, 6.07) is 0. The van der Waals surface area contributed by atoms with Crippen molar-refractivity contribution in [1.82, 2.24) is 0 Å². The molecule has 5 rings (SSSR count). The van der Waals surface area contributed by atoms with E-state index in [0.717, 1.165) is 57.8 Å². The van der Waals surface area contributed by atoms with Gasteiger partial charge in [0.05, 0.1) is 12.7 Å². The standard InChI is InChI=1S/C30H52O8P2/c1-19(2)20-10-15-30(18-37-39(31,32)33)17-16-28(6)21(25(20)30)8-9-23-27(5)13-12-24(38-40(34,35)36)26(3,4)22(27)11-14-29(23,28)7/h20-25H,1,8-18H2,2-7H3,(H2,31,32,33)(H2,34,35,36)/t20?,21?,22?,23?,24?,25?,27-,28-,29+,30?/m0/s1. The zero-order chi connectivity index (χ0) is 29.7. The molecule has 10 atom stereocenters. The minimum absolute atomic E-state index is 0.0563. The highest BCUT2D eigenvalue weighted by Crippen LogP contribution is 2.78. The van der Waals surface area contributed by atoms with Gasteiger partial charge < -0.3 is 19.6 Å². The van der Waals surface area contributed by atoms with Crippen LogP contribution in [-0.4, -0.2) is 32.3 Å². The minimum atomic E-state index is -4.57. The molecule has 5 aliphatic carbocycles. The van der Waals surface area contributed by atoms with Gasteiger partial charge >= 0.3 is 15.6 Å². The summed E-state index contributed by atoms with van der Waals surface area (Å²) in [6.07, 6.45) is 9.28. The third-order valence-electron chi connectivity index (χ3n) is 14.0. The van der Waals surface area contributed by atoms with E-state index in [-0.39, 0.29) is 33.7 Å². The molecule has 5 saturated carbocycles. The Bertz CT molecular complexity index is 1130. The van der Waals surface area contributed by atoms with Crippen LogP contribution in [0.1, 0.15) is 106 Å². The zero-order valence-electron chi connectivity index (χ0n) is 25.3. The van der Waals surface area contributed by atoms with E-state index >= 15 is 0 Å². The molecule has 0 aliphatic heterocycles. The number of hydrogen-bond donors (Lipinski definition) is 4. The lowest BCUT2D eigenvalue weighted by atomic mass is 9.32. The Morgan fingerprint density at radius 1 is 0.800 bits per heavy atom. The zero-order valence-corrected chi connectivity index (χ0v) is 27.1. The van der Waals surface area contributed by atoms with Crippen LogP contribution >= 0.6 is 15.6 Å². The van der Waals surface area contributed by atoms with Crippen LogP contribution in [0.15, 0.2) is 12.2 Å². The van der Waals surface area contributed by atoms with E-state index in [1.54, 1.807) is 0 Å². The van der Waals surface area contributed by atoms with Gasteiger partial charge in [-0.15, -0.1) is 0 Å². The first-order chi connectivity index (χ1) is 18.2. The molecule has 40 heavy (non-hydrogen) atoms. The molecular formula is C30H52O8P2. The normalized spacial score (nSPS) is 48.5. The molecule has 7 unspecified atom stereocenters. The summed E-state index contributed by atoms with van der Waals surface area (Å²) in [5.41, 5.74) is 0.861. The molecule has 4 N–H and O–H groups in total. The van der Waals surface area contributed by atoms with Gasteiger partial charge in [-0.3, -0.25) is 9.05 Å². The van der Waals surface area contributed by atoms with Crippen LogP contribution in [0.3, 0.4) is 0 Å². The molecule has 8 nitrogen and oxygen atoms in total. The molecule has 0 spiro atoms. The van der Waals surface area contributed by atoms with E-state index in [1.165, 1.54) is 5.57 Å². The molecule has 230 valence electrons. The Morgan fingerprint density at radius 2 is 1.48 bits per heavy atom. The van der Waals surface area contributed by atoms with E-state index in [4.69, 9.17) is 9.05 Å². The molecule has 0 radical (unpaired) electrons. The Hall–Kier alpha value is -0.0400. The van der Waals surface area contributed by atoms with Gasteiger partial charge in [-0.05, 0) is 128 Å². The quantitative estimate of drug-likeness (QED) is 0.185. The van der Waals surface area contributed by atoms with Crippen molar-refractivity contribution < 1.29 is 37.8 Å². The van der Waals surface area contributed by atoms with Gasteiger partial charge in [-0.1, -0.05) is 46.8 Å². The van der Waals surface area contributed by atoms with Crippen LogP contribution in [-0.2, 0) is 18.2 Å². The first-order valence-corrected chi connectivity index (χ1v) is 18.4. The van der Waals surface area contributed by atoms with Gasteiger partial charge in [0.25, 0.3) is 0 Å². The summed E-state index contributed by atoms with van der Waals surface area (Å²) >= 11 is 0. The number of hydrogen-bond acceptors (Lipinski definition) is 4. The van der Waals surface area contributed by atoms with E-state index in [2.05, 4.69) is 48.1 Å². The lowest BCUT2D eigenvalue weighted by Gasteiger charge is -2.73. The summed E-state index contributed by atoms with van der Waals surface area (Å²) in [5.74, 6) is 1.91. The second-order valence-corrected chi connectivity index (χ2v) is 18.2. The number of phosphoric acid groups is 2. The van der Waals surface area contributed by atoms with Crippen molar-refractivity contribution in [1.29, 1.82) is 0 Å². The van der Waals surface area contributed by atoms with Gasteiger partial charge in [0.1, 0.15) is 0 Å². The Morgan fingerprint density at radius 3 is 2.08 bits per heavy atom. The van der Waals surface area contributed by atoms with Crippen molar-refractivity contribution >= 4 is 15.6 Å². The molecule has 0 heterocycles. The second kappa shape index (κ2) is 9.73. The maximum Gasteiger partial charge on any atom is 0.469 e. The molecule has 0 aromatic carbocycles. The first kappa shape index (κ1) is 31.4. The van der Waals surface area contributed by atoms with E-state index in [9.17, 15) is 28.7 Å².